The summed E-state index contributed by atoms with van der Waals surface area (Å²) >= 11 is 0. The number of pyridine rings is 1. The third-order valence-electron chi connectivity index (χ3n) is 4.20. The minimum atomic E-state index is -4.58. The standard InChI is InChI=1S/C15H20F3N3O2.ClH/c1-9(10-2-4-19-5-3-10)6-13(22)21-12-7-11(15(16,17)18)8-20-14(12)23;/h7-10,19H,2-6H2,1H3,(H,20,23)(H,21,22);1H. The fourth-order valence-electron chi connectivity index (χ4n) is 2.81. The summed E-state index contributed by atoms with van der Waals surface area (Å²) in [6, 6.07) is 0.659. The zero-order valence-corrected chi connectivity index (χ0v) is 14.0. The molecule has 2 heterocycles. The Hall–Kier alpha value is -1.54. The van der Waals surface area contributed by atoms with E-state index in [9.17, 15) is 22.8 Å². The minimum Gasteiger partial charge on any atom is -0.327 e. The minimum absolute atomic E-state index is 0. The molecule has 0 spiro atoms. The number of nitrogens with one attached hydrogen (secondary N) is 3. The third kappa shape index (κ3) is 5.52. The molecule has 1 atom stereocenters. The van der Waals surface area contributed by atoms with Crippen LogP contribution in [0.4, 0.5) is 18.9 Å². The van der Waals surface area contributed by atoms with Crippen LogP contribution in [0.1, 0.15) is 31.7 Å². The summed E-state index contributed by atoms with van der Waals surface area (Å²) in [5.41, 5.74) is -2.12. The molecule has 1 aromatic heterocycles. The summed E-state index contributed by atoms with van der Waals surface area (Å²) < 4.78 is 37.9. The first-order valence-electron chi connectivity index (χ1n) is 7.58. The van der Waals surface area contributed by atoms with Crippen LogP contribution in [0.5, 0.6) is 0 Å². The number of aromatic nitrogens is 1. The zero-order chi connectivity index (χ0) is 17.0. The maximum Gasteiger partial charge on any atom is 0.417 e. The summed E-state index contributed by atoms with van der Waals surface area (Å²) in [6.45, 7) is 3.76. The van der Waals surface area contributed by atoms with Crippen molar-refractivity contribution < 1.29 is 18.0 Å². The highest BCUT2D eigenvalue weighted by Crippen LogP contribution is 2.29. The van der Waals surface area contributed by atoms with Gasteiger partial charge in [0.1, 0.15) is 5.69 Å². The van der Waals surface area contributed by atoms with Crippen molar-refractivity contribution in [1.29, 1.82) is 0 Å². The summed E-state index contributed by atoms with van der Waals surface area (Å²) in [5, 5.41) is 5.53. The number of halogens is 4. The quantitative estimate of drug-likeness (QED) is 0.766. The predicted molar refractivity (Wildman–Crippen MR) is 87.3 cm³/mol. The number of carbonyl (C=O) groups is 1. The van der Waals surface area contributed by atoms with Crippen LogP contribution in [0.15, 0.2) is 17.1 Å². The first-order valence-corrected chi connectivity index (χ1v) is 7.58. The lowest BCUT2D eigenvalue weighted by molar-refractivity contribution is -0.137. The van der Waals surface area contributed by atoms with Crippen molar-refractivity contribution in [3.63, 3.8) is 0 Å². The lowest BCUT2D eigenvalue weighted by atomic mass is 9.84. The number of aromatic amines is 1. The van der Waals surface area contributed by atoms with Crippen LogP contribution < -0.4 is 16.2 Å². The van der Waals surface area contributed by atoms with Crippen LogP contribution in [0.3, 0.4) is 0 Å². The van der Waals surface area contributed by atoms with Gasteiger partial charge < -0.3 is 15.6 Å². The number of anilines is 1. The van der Waals surface area contributed by atoms with E-state index in [-0.39, 0.29) is 30.4 Å². The number of piperidine rings is 1. The number of rotatable bonds is 4. The Labute approximate surface area is 143 Å². The van der Waals surface area contributed by atoms with Gasteiger partial charge in [0.15, 0.2) is 0 Å². The molecular formula is C15H21ClF3N3O2. The van der Waals surface area contributed by atoms with Gasteiger partial charge in [-0.1, -0.05) is 6.92 Å². The molecule has 0 bridgehead atoms. The molecule has 1 aliphatic heterocycles. The average molecular weight is 368 g/mol. The second-order valence-corrected chi connectivity index (χ2v) is 5.95. The molecule has 0 aliphatic carbocycles. The molecule has 1 saturated heterocycles. The number of hydrogen-bond acceptors (Lipinski definition) is 3. The number of amides is 1. The highest BCUT2D eigenvalue weighted by molar-refractivity contribution is 5.90. The fraction of sp³-hybridized carbons (Fsp3) is 0.600. The topological polar surface area (TPSA) is 74.0 Å². The van der Waals surface area contributed by atoms with Crippen LogP contribution in [-0.4, -0.2) is 24.0 Å². The first kappa shape index (κ1) is 20.5. The number of alkyl halides is 3. The van der Waals surface area contributed by atoms with Gasteiger partial charge in [-0.05, 0) is 43.8 Å². The van der Waals surface area contributed by atoms with Crippen LogP contribution >= 0.6 is 12.4 Å². The van der Waals surface area contributed by atoms with E-state index in [1.165, 1.54) is 0 Å². The second kappa shape index (κ2) is 8.53. The molecule has 1 aromatic rings. The van der Waals surface area contributed by atoms with Crippen LogP contribution in [-0.2, 0) is 11.0 Å². The molecule has 2 rings (SSSR count). The SMILES string of the molecule is CC(CC(=O)Nc1cc(C(F)(F)F)c[nH]c1=O)C1CCNCC1.Cl. The largest absolute Gasteiger partial charge is 0.417 e. The zero-order valence-electron chi connectivity index (χ0n) is 13.2. The van der Waals surface area contributed by atoms with Crippen molar-refractivity contribution in [1.82, 2.24) is 10.3 Å². The van der Waals surface area contributed by atoms with Gasteiger partial charge in [-0.25, -0.2) is 0 Å². The molecule has 1 unspecified atom stereocenters. The Morgan fingerprint density at radius 1 is 1.38 bits per heavy atom. The normalized spacial score (nSPS) is 17.0. The Kier molecular flexibility index (Phi) is 7.28. The lowest BCUT2D eigenvalue weighted by Crippen LogP contribution is -2.32. The summed E-state index contributed by atoms with van der Waals surface area (Å²) in [5.74, 6) is 0.0737. The van der Waals surface area contributed by atoms with Crippen molar-refractivity contribution in [3.8, 4) is 0 Å². The number of H-pyrrole nitrogens is 1. The summed E-state index contributed by atoms with van der Waals surface area (Å²) in [6.07, 6.45) is -1.86. The second-order valence-electron chi connectivity index (χ2n) is 5.95. The molecule has 24 heavy (non-hydrogen) atoms. The molecule has 136 valence electrons. The van der Waals surface area contributed by atoms with E-state index >= 15 is 0 Å². The van der Waals surface area contributed by atoms with Crippen molar-refractivity contribution in [2.75, 3.05) is 18.4 Å². The highest BCUT2D eigenvalue weighted by Gasteiger charge is 2.31. The molecule has 0 saturated carbocycles. The number of carbonyl (C=O) groups excluding carboxylic acids is 1. The highest BCUT2D eigenvalue weighted by atomic mass is 35.5. The maximum absolute atomic E-state index is 12.6. The van der Waals surface area contributed by atoms with Gasteiger partial charge >= 0.3 is 6.18 Å². The maximum atomic E-state index is 12.6. The van der Waals surface area contributed by atoms with E-state index in [2.05, 4.69) is 10.6 Å². The molecular weight excluding hydrogens is 347 g/mol. The van der Waals surface area contributed by atoms with Gasteiger partial charge in [0, 0.05) is 12.6 Å². The van der Waals surface area contributed by atoms with Gasteiger partial charge in [-0.3, -0.25) is 9.59 Å². The van der Waals surface area contributed by atoms with Gasteiger partial charge in [0.05, 0.1) is 5.56 Å². The smallest absolute Gasteiger partial charge is 0.327 e. The predicted octanol–water partition coefficient (Wildman–Crippen LogP) is 2.78. The lowest BCUT2D eigenvalue weighted by Gasteiger charge is -2.27. The molecule has 3 N–H and O–H groups in total. The van der Waals surface area contributed by atoms with E-state index in [1.807, 2.05) is 11.9 Å². The van der Waals surface area contributed by atoms with Crippen molar-refractivity contribution >= 4 is 24.0 Å². The van der Waals surface area contributed by atoms with E-state index in [1.54, 1.807) is 0 Å². The summed E-state index contributed by atoms with van der Waals surface area (Å²) in [4.78, 5) is 25.6. The molecule has 1 amide bonds. The molecule has 5 nitrogen and oxygen atoms in total. The summed E-state index contributed by atoms with van der Waals surface area (Å²) in [7, 11) is 0. The van der Waals surface area contributed by atoms with Gasteiger partial charge in [0.2, 0.25) is 5.91 Å². The molecule has 1 aliphatic rings. The molecule has 0 radical (unpaired) electrons. The van der Waals surface area contributed by atoms with Crippen molar-refractivity contribution in [3.05, 3.63) is 28.2 Å². The van der Waals surface area contributed by atoms with Gasteiger partial charge in [-0.2, -0.15) is 13.2 Å². The van der Waals surface area contributed by atoms with E-state index in [0.717, 1.165) is 25.9 Å². The monoisotopic (exact) mass is 367 g/mol. The van der Waals surface area contributed by atoms with Gasteiger partial charge in [0.25, 0.3) is 5.56 Å². The Balaban J connectivity index is 0.00000288. The Bertz CT molecular complexity index is 613. The Morgan fingerprint density at radius 3 is 2.58 bits per heavy atom. The third-order valence-corrected chi connectivity index (χ3v) is 4.20. The average Bonchev–Trinajstić information content (AvgIpc) is 2.49. The van der Waals surface area contributed by atoms with Crippen LogP contribution in [0.25, 0.3) is 0 Å². The van der Waals surface area contributed by atoms with Crippen LogP contribution in [0, 0.1) is 11.8 Å². The van der Waals surface area contributed by atoms with E-state index in [0.29, 0.717) is 18.2 Å². The Morgan fingerprint density at radius 2 is 2.00 bits per heavy atom. The van der Waals surface area contributed by atoms with Gasteiger partial charge in [-0.15, -0.1) is 12.4 Å². The molecule has 0 aromatic carbocycles. The molecule has 9 heteroatoms. The number of hydrogen-bond donors (Lipinski definition) is 3. The van der Waals surface area contributed by atoms with Crippen LogP contribution in [0.2, 0.25) is 0 Å². The van der Waals surface area contributed by atoms with E-state index in [4.69, 9.17) is 0 Å². The first-order chi connectivity index (χ1) is 10.8. The fourth-order valence-corrected chi connectivity index (χ4v) is 2.81. The van der Waals surface area contributed by atoms with E-state index < -0.39 is 23.2 Å². The van der Waals surface area contributed by atoms with Crippen molar-refractivity contribution in [2.24, 2.45) is 11.8 Å². The van der Waals surface area contributed by atoms with Crippen molar-refractivity contribution in [2.45, 2.75) is 32.4 Å². The molecule has 1 fully saturated rings.